The van der Waals surface area contributed by atoms with Crippen molar-refractivity contribution in [2.24, 2.45) is 0 Å². The first-order valence-electron chi connectivity index (χ1n) is 14.0. The van der Waals surface area contributed by atoms with E-state index < -0.39 is 77.0 Å². The molecule has 1 aliphatic heterocycles. The molecule has 250 valence electrons. The van der Waals surface area contributed by atoms with Crippen molar-refractivity contribution in [2.45, 2.75) is 68.4 Å². The van der Waals surface area contributed by atoms with Gasteiger partial charge in [0.2, 0.25) is 0 Å². The van der Waals surface area contributed by atoms with Crippen LogP contribution in [0.3, 0.4) is 0 Å². The van der Waals surface area contributed by atoms with Gasteiger partial charge in [-0.15, -0.1) is 0 Å². The normalized spacial score (nSPS) is 22.7. The van der Waals surface area contributed by atoms with Crippen molar-refractivity contribution in [3.8, 4) is 0 Å². The smallest absolute Gasteiger partial charge is 0.432 e. The van der Waals surface area contributed by atoms with Crippen LogP contribution in [-0.2, 0) is 49.3 Å². The van der Waals surface area contributed by atoms with Gasteiger partial charge in [-0.25, -0.2) is 9.59 Å². The van der Waals surface area contributed by atoms with E-state index in [1.54, 1.807) is 6.92 Å². The molecule has 0 amide bonds. The van der Waals surface area contributed by atoms with E-state index in [1.165, 1.54) is 36.4 Å². The minimum Gasteiger partial charge on any atom is -0.462 e. The zero-order valence-corrected chi connectivity index (χ0v) is 25.0. The third-order valence-electron chi connectivity index (χ3n) is 7.19. The van der Waals surface area contributed by atoms with Crippen molar-refractivity contribution in [2.75, 3.05) is 14.2 Å². The van der Waals surface area contributed by atoms with Gasteiger partial charge in [0.25, 0.3) is 11.2 Å². The summed E-state index contributed by atoms with van der Waals surface area (Å²) in [6, 6.07) is 12.0. The van der Waals surface area contributed by atoms with Crippen molar-refractivity contribution >= 4 is 17.9 Å². The molecule has 0 aliphatic carbocycles. The molecule has 4 atom stereocenters. The number of methoxy groups -OCH3 is 2. The summed E-state index contributed by atoms with van der Waals surface area (Å²) in [5.74, 6) is -5.13. The lowest BCUT2D eigenvalue weighted by molar-refractivity contribution is -0.277. The number of carbonyl (C=O) groups is 3. The van der Waals surface area contributed by atoms with Gasteiger partial charge in [-0.3, -0.25) is 4.79 Å². The highest BCUT2D eigenvalue weighted by atomic mass is 19.4. The van der Waals surface area contributed by atoms with Crippen LogP contribution < -0.4 is 0 Å². The molecular formula is C32H32F6O8. The van der Waals surface area contributed by atoms with Gasteiger partial charge in [0, 0.05) is 25.3 Å². The van der Waals surface area contributed by atoms with Crippen molar-refractivity contribution < 1.29 is 64.4 Å². The van der Waals surface area contributed by atoms with Gasteiger partial charge < -0.3 is 23.7 Å². The quantitative estimate of drug-likeness (QED) is 0.178. The van der Waals surface area contributed by atoms with E-state index in [0.29, 0.717) is 14.2 Å². The van der Waals surface area contributed by atoms with Crippen LogP contribution in [0.15, 0.2) is 84.7 Å². The highest BCUT2D eigenvalue weighted by Crippen LogP contribution is 2.44. The molecule has 46 heavy (non-hydrogen) atoms. The number of carbonyl (C=O) groups excluding carboxylic acids is 3. The molecule has 8 nitrogen and oxygen atoms in total. The second-order valence-electron chi connectivity index (χ2n) is 10.2. The molecule has 2 aromatic rings. The molecule has 0 N–H and O–H groups in total. The maximum absolute atomic E-state index is 14.4. The van der Waals surface area contributed by atoms with Gasteiger partial charge >= 0.3 is 30.3 Å². The predicted octanol–water partition coefficient (Wildman–Crippen LogP) is 6.60. The lowest BCUT2D eigenvalue weighted by Gasteiger charge is -2.33. The minimum atomic E-state index is -5.32. The van der Waals surface area contributed by atoms with Crippen LogP contribution >= 0.6 is 0 Å². The van der Waals surface area contributed by atoms with E-state index in [4.69, 9.17) is 23.7 Å². The summed E-state index contributed by atoms with van der Waals surface area (Å²) in [5, 5.41) is 0. The summed E-state index contributed by atoms with van der Waals surface area (Å²) in [4.78, 5) is 38.8. The molecule has 0 saturated heterocycles. The van der Waals surface area contributed by atoms with Gasteiger partial charge in [-0.2, -0.15) is 26.3 Å². The molecule has 0 aromatic heterocycles. The van der Waals surface area contributed by atoms with Gasteiger partial charge in [-0.05, 0) is 44.4 Å². The molecule has 0 unspecified atom stereocenters. The number of allylic oxidation sites excluding steroid dienone is 1. The van der Waals surface area contributed by atoms with E-state index in [1.807, 2.05) is 0 Å². The van der Waals surface area contributed by atoms with Crippen LogP contribution in [0.2, 0.25) is 0 Å². The Labute approximate surface area is 260 Å². The molecule has 0 fully saturated rings. The highest BCUT2D eigenvalue weighted by molar-refractivity contribution is 5.84. The van der Waals surface area contributed by atoms with E-state index >= 15 is 0 Å². The lowest BCUT2D eigenvalue weighted by Crippen LogP contribution is -2.52. The molecule has 0 bridgehead atoms. The molecule has 2 aromatic carbocycles. The van der Waals surface area contributed by atoms with Crippen LogP contribution in [0.4, 0.5) is 26.3 Å². The number of esters is 3. The number of alkyl halides is 6. The zero-order valence-electron chi connectivity index (χ0n) is 25.0. The number of halogens is 6. The SMILES string of the molecule is CO[C@](C(=O)OC1=C\CC(=O)O[C@@H](C)CCC[C@@H](OC(=O)[C@@](OC)(c2ccccc2)C(F)(F)F)/C=C\1)(c1ccccc1)C(F)(F)F. The summed E-state index contributed by atoms with van der Waals surface area (Å²) in [5.41, 5.74) is -8.25. The second kappa shape index (κ2) is 14.9. The summed E-state index contributed by atoms with van der Waals surface area (Å²) < 4.78 is 112. The molecule has 3 rings (SSSR count). The number of cyclic esters (lactones) is 1. The largest absolute Gasteiger partial charge is 0.462 e. The maximum Gasteiger partial charge on any atom is 0.432 e. The van der Waals surface area contributed by atoms with Crippen LogP contribution in [0.1, 0.15) is 43.7 Å². The average Bonchev–Trinajstić information content (AvgIpc) is 2.98. The lowest BCUT2D eigenvalue weighted by atomic mass is 9.92. The fourth-order valence-corrected chi connectivity index (χ4v) is 4.84. The van der Waals surface area contributed by atoms with Gasteiger partial charge in [0.15, 0.2) is 0 Å². The van der Waals surface area contributed by atoms with Gasteiger partial charge in [0.05, 0.1) is 12.5 Å². The van der Waals surface area contributed by atoms with Crippen molar-refractivity contribution in [3.63, 3.8) is 0 Å². The molecule has 14 heteroatoms. The number of hydrogen-bond acceptors (Lipinski definition) is 8. The summed E-state index contributed by atoms with van der Waals surface area (Å²) in [6.07, 6.45) is -9.99. The molecular weight excluding hydrogens is 626 g/mol. The van der Waals surface area contributed by atoms with E-state index in [0.717, 1.165) is 42.5 Å². The standard InChI is InChI=1S/C32H32F6O8/c1-21-11-10-16-24(45-27(40)29(42-2,31(33,34)35)22-12-6-4-7-13-22)17-18-25(19-20-26(39)44-21)46-28(41)30(43-3,32(36,37)38)23-14-8-5-9-15-23/h4-9,12-15,17-19,21,24H,10-11,16,20H2,1-3H3/b18-17-,25-19-/t21-,24+,29-,30-/m0/s1. The van der Waals surface area contributed by atoms with E-state index in [2.05, 4.69) is 0 Å². The fraction of sp³-hybridized carbons (Fsp3) is 0.406. The second-order valence-corrected chi connectivity index (χ2v) is 10.2. The molecule has 1 aliphatic rings. The first-order chi connectivity index (χ1) is 21.6. The topological polar surface area (TPSA) is 97.4 Å². The molecule has 0 spiro atoms. The Kier molecular flexibility index (Phi) is 11.8. The van der Waals surface area contributed by atoms with Crippen LogP contribution in [0, 0.1) is 0 Å². The summed E-state index contributed by atoms with van der Waals surface area (Å²) in [7, 11) is 1.36. The summed E-state index contributed by atoms with van der Waals surface area (Å²) >= 11 is 0. The predicted molar refractivity (Wildman–Crippen MR) is 150 cm³/mol. The fourth-order valence-electron chi connectivity index (χ4n) is 4.84. The monoisotopic (exact) mass is 658 g/mol. The zero-order chi connectivity index (χ0) is 34.2. The van der Waals surface area contributed by atoms with Gasteiger partial charge in [-0.1, -0.05) is 60.7 Å². The average molecular weight is 659 g/mol. The third-order valence-corrected chi connectivity index (χ3v) is 7.19. The molecule has 0 radical (unpaired) electrons. The Morgan fingerprint density at radius 2 is 1.28 bits per heavy atom. The van der Waals surface area contributed by atoms with Crippen LogP contribution in [0.5, 0.6) is 0 Å². The van der Waals surface area contributed by atoms with Gasteiger partial charge in [0.1, 0.15) is 11.9 Å². The first kappa shape index (κ1) is 36.3. The highest BCUT2D eigenvalue weighted by Gasteiger charge is 2.65. The molecule has 1 heterocycles. The number of hydrogen-bond donors (Lipinski definition) is 0. The number of benzene rings is 2. The number of rotatable bonds is 8. The van der Waals surface area contributed by atoms with Crippen LogP contribution in [-0.4, -0.2) is 56.7 Å². The summed E-state index contributed by atoms with van der Waals surface area (Å²) in [6.45, 7) is 1.55. The van der Waals surface area contributed by atoms with Crippen LogP contribution in [0.25, 0.3) is 0 Å². The Bertz CT molecular complexity index is 1410. The van der Waals surface area contributed by atoms with Crippen molar-refractivity contribution in [1.82, 2.24) is 0 Å². The Balaban J connectivity index is 2.03. The Morgan fingerprint density at radius 1 is 0.783 bits per heavy atom. The van der Waals surface area contributed by atoms with Crippen molar-refractivity contribution in [1.29, 1.82) is 0 Å². The Hall–Kier alpha value is -4.17. The van der Waals surface area contributed by atoms with E-state index in [9.17, 15) is 40.7 Å². The maximum atomic E-state index is 14.4. The van der Waals surface area contributed by atoms with E-state index in [-0.39, 0.29) is 19.3 Å². The third kappa shape index (κ3) is 7.79. The Morgan fingerprint density at radius 3 is 1.76 bits per heavy atom. The van der Waals surface area contributed by atoms with Crippen molar-refractivity contribution in [3.05, 3.63) is 95.8 Å². The number of ether oxygens (including phenoxy) is 5. The first-order valence-corrected chi connectivity index (χ1v) is 14.0. The minimum absolute atomic E-state index is 0.105. The molecule has 0 saturated carbocycles.